The molecular weight excluding hydrogens is 354 g/mol. The van der Waals surface area contributed by atoms with Crippen LogP contribution >= 0.6 is 0 Å². The fourth-order valence-electron chi connectivity index (χ4n) is 3.23. The van der Waals surface area contributed by atoms with Crippen molar-refractivity contribution in [3.05, 3.63) is 65.7 Å². The molecule has 5 nitrogen and oxygen atoms in total. The van der Waals surface area contributed by atoms with Gasteiger partial charge in [-0.3, -0.25) is 0 Å². The molecule has 0 aromatic heterocycles. The Kier molecular flexibility index (Phi) is 8.33. The lowest BCUT2D eigenvalue weighted by molar-refractivity contribution is 0.0888. The molecule has 2 aromatic rings. The van der Waals surface area contributed by atoms with Crippen molar-refractivity contribution in [2.45, 2.75) is 39.7 Å². The van der Waals surface area contributed by atoms with Crippen LogP contribution in [0.2, 0.25) is 0 Å². The van der Waals surface area contributed by atoms with Crippen LogP contribution in [0.4, 0.5) is 4.79 Å². The Balaban J connectivity index is 1.87. The second kappa shape index (κ2) is 10.7. The molecule has 0 spiro atoms. The molecule has 5 heteroatoms. The molecule has 152 valence electrons. The van der Waals surface area contributed by atoms with Crippen molar-refractivity contribution >= 4 is 6.09 Å². The summed E-state index contributed by atoms with van der Waals surface area (Å²) < 4.78 is 11.5. The van der Waals surface area contributed by atoms with Crippen LogP contribution in [0.25, 0.3) is 0 Å². The van der Waals surface area contributed by atoms with Gasteiger partial charge in [0.25, 0.3) is 0 Å². The van der Waals surface area contributed by atoms with Crippen molar-refractivity contribution in [1.82, 2.24) is 5.32 Å². The first-order chi connectivity index (χ1) is 13.4. The molecular formula is C23H31NO4. The number of ether oxygens (including phenoxy) is 2. The topological polar surface area (TPSA) is 67.8 Å². The lowest BCUT2D eigenvalue weighted by atomic mass is 9.74. The molecule has 0 heterocycles. The minimum absolute atomic E-state index is 0.0115. The molecule has 0 aliphatic carbocycles. The molecule has 1 unspecified atom stereocenters. The first kappa shape index (κ1) is 21.8. The van der Waals surface area contributed by atoms with E-state index in [2.05, 4.69) is 32.2 Å². The second-order valence-electron chi connectivity index (χ2n) is 7.90. The Labute approximate surface area is 167 Å². The average molecular weight is 386 g/mol. The van der Waals surface area contributed by atoms with Gasteiger partial charge < -0.3 is 19.9 Å². The van der Waals surface area contributed by atoms with E-state index in [-0.39, 0.29) is 11.3 Å². The van der Waals surface area contributed by atoms with Crippen molar-refractivity contribution in [3.8, 4) is 5.75 Å². The average Bonchev–Trinajstić information content (AvgIpc) is 2.65. The minimum atomic E-state index is -0.986. The number of hydrogen-bond donors (Lipinski definition) is 2. The standard InChI is InChI=1S/C23H31NO4/c1-23(2,3)21(12-13-24-22(25)26)19-10-7-11-20(16-19)28-15-14-27-17-18-8-5-4-6-9-18/h4-11,16,21,24H,12-15,17H2,1-3H3,(H,25,26). The maximum atomic E-state index is 10.7. The number of rotatable bonds is 10. The summed E-state index contributed by atoms with van der Waals surface area (Å²) in [5, 5.41) is 11.3. The molecule has 2 aromatic carbocycles. The lowest BCUT2D eigenvalue weighted by Crippen LogP contribution is -2.27. The summed E-state index contributed by atoms with van der Waals surface area (Å²) in [6, 6.07) is 18.1. The maximum absolute atomic E-state index is 10.7. The fraction of sp³-hybridized carbons (Fsp3) is 0.435. The molecule has 2 N–H and O–H groups in total. The van der Waals surface area contributed by atoms with Gasteiger partial charge in [-0.1, -0.05) is 63.2 Å². The van der Waals surface area contributed by atoms with Gasteiger partial charge in [-0.2, -0.15) is 0 Å². The van der Waals surface area contributed by atoms with Crippen molar-refractivity contribution < 1.29 is 19.4 Å². The van der Waals surface area contributed by atoms with Crippen LogP contribution in [0.15, 0.2) is 54.6 Å². The molecule has 1 atom stereocenters. The Hall–Kier alpha value is -2.53. The van der Waals surface area contributed by atoms with E-state index in [9.17, 15) is 4.79 Å². The predicted octanol–water partition coefficient (Wildman–Crippen LogP) is 5.07. The zero-order valence-corrected chi connectivity index (χ0v) is 17.0. The summed E-state index contributed by atoms with van der Waals surface area (Å²) in [6.07, 6.45) is -0.250. The van der Waals surface area contributed by atoms with Crippen molar-refractivity contribution in [1.29, 1.82) is 0 Å². The van der Waals surface area contributed by atoms with Crippen LogP contribution in [-0.4, -0.2) is 31.0 Å². The summed E-state index contributed by atoms with van der Waals surface area (Å²) in [6.45, 7) is 8.51. The number of nitrogens with one attached hydrogen (secondary N) is 1. The van der Waals surface area contributed by atoms with Gasteiger partial charge in [0.1, 0.15) is 12.4 Å². The summed E-state index contributed by atoms with van der Waals surface area (Å²) in [5.74, 6) is 1.03. The Morgan fingerprint density at radius 3 is 2.50 bits per heavy atom. The Morgan fingerprint density at radius 1 is 1.07 bits per heavy atom. The van der Waals surface area contributed by atoms with E-state index < -0.39 is 6.09 Å². The van der Waals surface area contributed by atoms with Crippen molar-refractivity contribution in [3.63, 3.8) is 0 Å². The van der Waals surface area contributed by atoms with Crippen LogP contribution in [0.3, 0.4) is 0 Å². The van der Waals surface area contributed by atoms with Crippen LogP contribution in [-0.2, 0) is 11.3 Å². The quantitative estimate of drug-likeness (QED) is 0.560. The summed E-state index contributed by atoms with van der Waals surface area (Å²) >= 11 is 0. The normalized spacial score (nSPS) is 12.4. The largest absolute Gasteiger partial charge is 0.491 e. The third-order valence-electron chi connectivity index (χ3n) is 4.62. The SMILES string of the molecule is CC(C)(C)C(CCNC(=O)O)c1cccc(OCCOCc2ccccc2)c1. The monoisotopic (exact) mass is 385 g/mol. The van der Waals surface area contributed by atoms with Crippen LogP contribution in [0, 0.1) is 5.41 Å². The third-order valence-corrected chi connectivity index (χ3v) is 4.62. The molecule has 0 saturated carbocycles. The Morgan fingerprint density at radius 2 is 1.82 bits per heavy atom. The molecule has 0 aliphatic heterocycles. The molecule has 28 heavy (non-hydrogen) atoms. The predicted molar refractivity (Wildman–Crippen MR) is 111 cm³/mol. The van der Waals surface area contributed by atoms with Gasteiger partial charge >= 0.3 is 6.09 Å². The minimum Gasteiger partial charge on any atom is -0.491 e. The molecule has 0 saturated heterocycles. The third kappa shape index (κ3) is 7.61. The van der Waals surface area contributed by atoms with E-state index in [1.54, 1.807) is 0 Å². The highest BCUT2D eigenvalue weighted by atomic mass is 16.5. The van der Waals surface area contributed by atoms with Crippen molar-refractivity contribution in [2.75, 3.05) is 19.8 Å². The van der Waals surface area contributed by atoms with Gasteiger partial charge in [-0.25, -0.2) is 4.79 Å². The number of carbonyl (C=O) groups is 1. The lowest BCUT2D eigenvalue weighted by Gasteiger charge is -2.31. The van der Waals surface area contributed by atoms with E-state index in [4.69, 9.17) is 14.6 Å². The molecule has 0 fully saturated rings. The number of amides is 1. The van der Waals surface area contributed by atoms with Gasteiger partial charge in [0.2, 0.25) is 0 Å². The van der Waals surface area contributed by atoms with Crippen LogP contribution in [0.5, 0.6) is 5.75 Å². The van der Waals surface area contributed by atoms with Crippen molar-refractivity contribution in [2.24, 2.45) is 5.41 Å². The van der Waals surface area contributed by atoms with Gasteiger partial charge in [0, 0.05) is 6.54 Å². The fourth-order valence-corrected chi connectivity index (χ4v) is 3.23. The number of hydrogen-bond acceptors (Lipinski definition) is 3. The molecule has 0 bridgehead atoms. The van der Waals surface area contributed by atoms with Gasteiger partial charge in [-0.05, 0) is 41.0 Å². The van der Waals surface area contributed by atoms with Gasteiger partial charge in [0.05, 0.1) is 13.2 Å². The smallest absolute Gasteiger partial charge is 0.404 e. The van der Waals surface area contributed by atoms with Gasteiger partial charge in [-0.15, -0.1) is 0 Å². The van der Waals surface area contributed by atoms with Gasteiger partial charge in [0.15, 0.2) is 0 Å². The van der Waals surface area contributed by atoms with E-state index in [1.807, 2.05) is 48.5 Å². The highest BCUT2D eigenvalue weighted by molar-refractivity contribution is 5.64. The summed E-state index contributed by atoms with van der Waals surface area (Å²) in [5.41, 5.74) is 2.31. The molecule has 1 amide bonds. The highest BCUT2D eigenvalue weighted by Gasteiger charge is 2.26. The summed E-state index contributed by atoms with van der Waals surface area (Å²) in [7, 11) is 0. The van der Waals surface area contributed by atoms with E-state index in [1.165, 1.54) is 0 Å². The number of benzene rings is 2. The first-order valence-electron chi connectivity index (χ1n) is 9.67. The zero-order valence-electron chi connectivity index (χ0n) is 17.0. The van der Waals surface area contributed by atoms with Crippen LogP contribution in [0.1, 0.15) is 44.2 Å². The molecule has 2 rings (SSSR count). The zero-order chi connectivity index (χ0) is 20.4. The Bertz CT molecular complexity index is 725. The highest BCUT2D eigenvalue weighted by Crippen LogP contribution is 2.38. The first-order valence-corrected chi connectivity index (χ1v) is 9.67. The van der Waals surface area contributed by atoms with E-state index in [0.717, 1.165) is 23.3 Å². The van der Waals surface area contributed by atoms with E-state index >= 15 is 0 Å². The summed E-state index contributed by atoms with van der Waals surface area (Å²) in [4.78, 5) is 10.7. The number of carboxylic acid groups (broad SMARTS) is 1. The second-order valence-corrected chi connectivity index (χ2v) is 7.90. The maximum Gasteiger partial charge on any atom is 0.404 e. The van der Waals surface area contributed by atoms with Crippen LogP contribution < -0.4 is 10.1 Å². The molecule has 0 radical (unpaired) electrons. The molecule has 0 aliphatic rings. The van der Waals surface area contributed by atoms with E-state index in [0.29, 0.717) is 26.4 Å².